The minimum Gasteiger partial charge on any atom is -0.490 e. The van der Waals surface area contributed by atoms with Gasteiger partial charge in [0, 0.05) is 24.8 Å². The second-order valence-corrected chi connectivity index (χ2v) is 4.93. The molecule has 1 aromatic rings. The highest BCUT2D eigenvalue weighted by atomic mass is 16.5. The Hall–Kier alpha value is -2.17. The van der Waals surface area contributed by atoms with E-state index >= 15 is 0 Å². The van der Waals surface area contributed by atoms with Gasteiger partial charge in [-0.25, -0.2) is 0 Å². The number of carboxylic acid groups (broad SMARTS) is 1. The van der Waals surface area contributed by atoms with E-state index in [-0.39, 0.29) is 0 Å². The summed E-state index contributed by atoms with van der Waals surface area (Å²) in [4.78, 5) is 13.0. The van der Waals surface area contributed by atoms with E-state index in [1.54, 1.807) is 13.0 Å². The van der Waals surface area contributed by atoms with Crippen LogP contribution in [0.2, 0.25) is 0 Å². The Morgan fingerprint density at radius 3 is 2.50 bits per heavy atom. The van der Waals surface area contributed by atoms with Gasteiger partial charge >= 0.3 is 5.97 Å². The molecule has 122 valence electrons. The molecule has 5 heteroatoms. The van der Waals surface area contributed by atoms with Crippen LogP contribution in [0.3, 0.4) is 0 Å². The van der Waals surface area contributed by atoms with Crippen LogP contribution >= 0.6 is 0 Å². The van der Waals surface area contributed by atoms with Gasteiger partial charge in [-0.2, -0.15) is 0 Å². The smallest absolute Gasteiger partial charge is 0.308 e. The summed E-state index contributed by atoms with van der Waals surface area (Å²) in [5.41, 5.74) is 0.889. The lowest BCUT2D eigenvalue weighted by atomic mass is 10.1. The first kappa shape index (κ1) is 17.9. The number of ether oxygens (including phenoxy) is 2. The van der Waals surface area contributed by atoms with Crippen LogP contribution in [0.4, 0.5) is 5.69 Å². The van der Waals surface area contributed by atoms with Gasteiger partial charge in [-0.15, -0.1) is 6.58 Å². The molecule has 1 rings (SSSR count). The third kappa shape index (κ3) is 4.98. The maximum atomic E-state index is 11.1. The van der Waals surface area contributed by atoms with Crippen LogP contribution in [0.25, 0.3) is 0 Å². The molecule has 1 N–H and O–H groups in total. The van der Waals surface area contributed by atoms with E-state index < -0.39 is 11.9 Å². The quantitative estimate of drug-likeness (QED) is 0.673. The highest BCUT2D eigenvalue weighted by Gasteiger charge is 2.17. The van der Waals surface area contributed by atoms with Crippen LogP contribution in [-0.2, 0) is 4.79 Å². The molecule has 5 nitrogen and oxygen atoms in total. The molecule has 0 aliphatic carbocycles. The molecule has 0 fully saturated rings. The van der Waals surface area contributed by atoms with Gasteiger partial charge in [-0.05, 0) is 26.0 Å². The average molecular weight is 307 g/mol. The van der Waals surface area contributed by atoms with Crippen molar-refractivity contribution in [3.8, 4) is 11.5 Å². The van der Waals surface area contributed by atoms with Crippen LogP contribution in [0.1, 0.15) is 20.8 Å². The number of anilines is 1. The van der Waals surface area contributed by atoms with Crippen LogP contribution in [0.15, 0.2) is 30.9 Å². The van der Waals surface area contributed by atoms with Gasteiger partial charge in [0.05, 0.1) is 19.1 Å². The van der Waals surface area contributed by atoms with Crippen molar-refractivity contribution in [2.24, 2.45) is 5.92 Å². The zero-order valence-electron chi connectivity index (χ0n) is 13.5. The Morgan fingerprint density at radius 1 is 1.32 bits per heavy atom. The molecule has 0 bridgehead atoms. The number of carboxylic acids is 1. The van der Waals surface area contributed by atoms with Crippen LogP contribution in [0.5, 0.6) is 11.5 Å². The fourth-order valence-electron chi connectivity index (χ4n) is 2.09. The van der Waals surface area contributed by atoms with E-state index in [0.29, 0.717) is 37.8 Å². The highest BCUT2D eigenvalue weighted by molar-refractivity contribution is 5.70. The van der Waals surface area contributed by atoms with E-state index in [1.807, 2.05) is 36.9 Å². The first-order valence-corrected chi connectivity index (χ1v) is 7.51. The summed E-state index contributed by atoms with van der Waals surface area (Å²) in [5.74, 6) is 0.0731. The Kier molecular flexibility index (Phi) is 7.29. The Balaban J connectivity index is 3.05. The van der Waals surface area contributed by atoms with Crippen molar-refractivity contribution < 1.29 is 19.4 Å². The monoisotopic (exact) mass is 307 g/mol. The van der Waals surface area contributed by atoms with Gasteiger partial charge in [0.2, 0.25) is 0 Å². The lowest BCUT2D eigenvalue weighted by Crippen LogP contribution is -2.32. The normalized spacial score (nSPS) is 11.6. The third-order valence-electron chi connectivity index (χ3n) is 3.16. The van der Waals surface area contributed by atoms with Crippen molar-refractivity contribution in [2.75, 3.05) is 31.2 Å². The largest absolute Gasteiger partial charge is 0.490 e. The minimum atomic E-state index is -0.815. The van der Waals surface area contributed by atoms with E-state index in [0.717, 1.165) is 5.69 Å². The number of hydrogen-bond acceptors (Lipinski definition) is 4. The minimum absolute atomic E-state index is 0.404. The van der Waals surface area contributed by atoms with Crippen molar-refractivity contribution in [3.05, 3.63) is 30.9 Å². The van der Waals surface area contributed by atoms with Crippen molar-refractivity contribution in [1.29, 1.82) is 0 Å². The molecule has 1 atom stereocenters. The average Bonchev–Trinajstić information content (AvgIpc) is 2.49. The zero-order valence-corrected chi connectivity index (χ0v) is 13.5. The molecule has 0 aromatic heterocycles. The molecule has 0 aliphatic heterocycles. The van der Waals surface area contributed by atoms with Crippen molar-refractivity contribution >= 4 is 11.7 Å². The predicted octanol–water partition coefficient (Wildman–Crippen LogP) is 3.20. The molecular weight excluding hydrogens is 282 g/mol. The maximum Gasteiger partial charge on any atom is 0.308 e. The summed E-state index contributed by atoms with van der Waals surface area (Å²) in [6.45, 7) is 11.3. The van der Waals surface area contributed by atoms with Gasteiger partial charge < -0.3 is 19.5 Å². The van der Waals surface area contributed by atoms with Gasteiger partial charge in [0.25, 0.3) is 0 Å². The SMILES string of the molecule is C=CCN(CC(C)C(=O)O)c1ccc(OCC)c(OCC)c1. The first-order valence-electron chi connectivity index (χ1n) is 7.51. The van der Waals surface area contributed by atoms with Gasteiger partial charge in [-0.3, -0.25) is 4.79 Å². The summed E-state index contributed by atoms with van der Waals surface area (Å²) in [6.07, 6.45) is 1.76. The fourth-order valence-corrected chi connectivity index (χ4v) is 2.09. The lowest BCUT2D eigenvalue weighted by Gasteiger charge is -2.26. The molecule has 1 aromatic carbocycles. The van der Waals surface area contributed by atoms with E-state index in [4.69, 9.17) is 14.6 Å². The van der Waals surface area contributed by atoms with Gasteiger partial charge in [-0.1, -0.05) is 13.0 Å². The van der Waals surface area contributed by atoms with Crippen LogP contribution in [-0.4, -0.2) is 37.4 Å². The highest BCUT2D eigenvalue weighted by Crippen LogP contribution is 2.32. The van der Waals surface area contributed by atoms with Crippen LogP contribution < -0.4 is 14.4 Å². The molecule has 0 radical (unpaired) electrons. The fraction of sp³-hybridized carbons (Fsp3) is 0.471. The van der Waals surface area contributed by atoms with Crippen molar-refractivity contribution in [3.63, 3.8) is 0 Å². The summed E-state index contributed by atoms with van der Waals surface area (Å²) in [5, 5.41) is 9.10. The van der Waals surface area contributed by atoms with E-state index in [2.05, 4.69) is 6.58 Å². The Labute approximate surface area is 132 Å². The van der Waals surface area contributed by atoms with Gasteiger partial charge in [0.1, 0.15) is 0 Å². The molecule has 1 unspecified atom stereocenters. The molecular formula is C17H25NO4. The molecule has 0 aliphatic rings. The van der Waals surface area contributed by atoms with E-state index in [9.17, 15) is 4.79 Å². The predicted molar refractivity (Wildman–Crippen MR) is 88.0 cm³/mol. The van der Waals surface area contributed by atoms with Gasteiger partial charge in [0.15, 0.2) is 11.5 Å². The number of carbonyl (C=O) groups is 1. The topological polar surface area (TPSA) is 59.0 Å². The number of benzene rings is 1. The summed E-state index contributed by atoms with van der Waals surface area (Å²) < 4.78 is 11.2. The number of hydrogen-bond donors (Lipinski definition) is 1. The standard InChI is InChI=1S/C17H25NO4/c1-5-10-18(12-13(4)17(19)20)14-8-9-15(21-6-2)16(11-14)22-7-3/h5,8-9,11,13H,1,6-7,10,12H2,2-4H3,(H,19,20). The molecule has 0 spiro atoms. The first-order chi connectivity index (χ1) is 10.5. The molecule has 22 heavy (non-hydrogen) atoms. The second kappa shape index (κ2) is 8.97. The molecule has 0 saturated carbocycles. The lowest BCUT2D eigenvalue weighted by molar-refractivity contribution is -0.140. The Morgan fingerprint density at radius 2 is 1.95 bits per heavy atom. The number of rotatable bonds is 10. The maximum absolute atomic E-state index is 11.1. The van der Waals surface area contributed by atoms with E-state index in [1.165, 1.54) is 0 Å². The number of aliphatic carboxylic acids is 1. The van der Waals surface area contributed by atoms with Crippen molar-refractivity contribution in [1.82, 2.24) is 0 Å². The second-order valence-electron chi connectivity index (χ2n) is 4.93. The summed E-state index contributed by atoms with van der Waals surface area (Å²) in [7, 11) is 0. The molecule has 0 saturated heterocycles. The van der Waals surface area contributed by atoms with Crippen LogP contribution in [0, 0.1) is 5.92 Å². The Bertz CT molecular complexity index is 501. The summed E-state index contributed by atoms with van der Waals surface area (Å²) >= 11 is 0. The summed E-state index contributed by atoms with van der Waals surface area (Å²) in [6, 6.07) is 5.64. The molecule has 0 amide bonds. The zero-order chi connectivity index (χ0) is 16.5. The number of nitrogens with zero attached hydrogens (tertiary/aromatic N) is 1. The third-order valence-corrected chi connectivity index (χ3v) is 3.16. The molecule has 0 heterocycles. The van der Waals surface area contributed by atoms with Crippen molar-refractivity contribution in [2.45, 2.75) is 20.8 Å².